The lowest BCUT2D eigenvalue weighted by molar-refractivity contribution is -0.124. The van der Waals surface area contributed by atoms with E-state index >= 15 is 0 Å². The third kappa shape index (κ3) is 4.18. The SMILES string of the molecule is CCCC1CCN(CCC(C)(NC2CC2)C(N)=O)C1. The zero-order valence-corrected chi connectivity index (χ0v) is 12.5. The van der Waals surface area contributed by atoms with Crippen LogP contribution >= 0.6 is 0 Å². The maximum absolute atomic E-state index is 11.7. The molecule has 1 aliphatic heterocycles. The number of amides is 1. The first-order valence-electron chi connectivity index (χ1n) is 7.83. The molecule has 4 heteroatoms. The Balaban J connectivity index is 1.77. The number of carbonyl (C=O) groups is 1. The first kappa shape index (κ1) is 14.8. The van der Waals surface area contributed by atoms with Crippen molar-refractivity contribution >= 4 is 5.91 Å². The van der Waals surface area contributed by atoms with Crippen LogP contribution in [0.25, 0.3) is 0 Å². The fraction of sp³-hybridized carbons (Fsp3) is 0.933. The number of carbonyl (C=O) groups excluding carboxylic acids is 1. The summed E-state index contributed by atoms with van der Waals surface area (Å²) in [5.41, 5.74) is 5.06. The van der Waals surface area contributed by atoms with Crippen molar-refractivity contribution in [3.05, 3.63) is 0 Å². The average Bonchev–Trinajstić information content (AvgIpc) is 3.04. The van der Waals surface area contributed by atoms with Gasteiger partial charge in [-0.05, 0) is 51.5 Å². The number of nitrogens with two attached hydrogens (primary N) is 1. The quantitative estimate of drug-likeness (QED) is 0.700. The van der Waals surface area contributed by atoms with Crippen molar-refractivity contribution in [3.63, 3.8) is 0 Å². The molecule has 1 heterocycles. The molecule has 2 unspecified atom stereocenters. The van der Waals surface area contributed by atoms with E-state index < -0.39 is 5.54 Å². The summed E-state index contributed by atoms with van der Waals surface area (Å²) in [6.45, 7) is 7.59. The van der Waals surface area contributed by atoms with E-state index in [9.17, 15) is 4.79 Å². The summed E-state index contributed by atoms with van der Waals surface area (Å²) in [5.74, 6) is 0.657. The smallest absolute Gasteiger partial charge is 0.237 e. The summed E-state index contributed by atoms with van der Waals surface area (Å²) in [5, 5.41) is 3.43. The van der Waals surface area contributed by atoms with Crippen LogP contribution in [-0.4, -0.2) is 42.0 Å². The fourth-order valence-electron chi connectivity index (χ4n) is 3.09. The van der Waals surface area contributed by atoms with Crippen LogP contribution in [0.4, 0.5) is 0 Å². The van der Waals surface area contributed by atoms with Crippen LogP contribution in [0, 0.1) is 5.92 Å². The van der Waals surface area contributed by atoms with E-state index in [0.717, 1.165) is 18.9 Å². The van der Waals surface area contributed by atoms with Crippen LogP contribution in [0.1, 0.15) is 52.4 Å². The molecule has 1 saturated heterocycles. The Bertz CT molecular complexity index is 317. The number of nitrogens with zero attached hydrogens (tertiary/aromatic N) is 1. The predicted octanol–water partition coefficient (Wildman–Crippen LogP) is 1.49. The van der Waals surface area contributed by atoms with Crippen molar-refractivity contribution in [3.8, 4) is 0 Å². The Morgan fingerprint density at radius 1 is 1.42 bits per heavy atom. The standard InChI is InChI=1S/C15H29N3O/c1-3-4-12-7-9-18(11-12)10-8-15(2,14(16)19)17-13-5-6-13/h12-13,17H,3-11H2,1-2H3,(H2,16,19). The third-order valence-corrected chi connectivity index (χ3v) is 4.64. The maximum Gasteiger partial charge on any atom is 0.237 e. The molecule has 4 nitrogen and oxygen atoms in total. The molecule has 110 valence electrons. The molecule has 3 N–H and O–H groups in total. The van der Waals surface area contributed by atoms with Gasteiger partial charge in [-0.3, -0.25) is 4.79 Å². The second-order valence-electron chi connectivity index (χ2n) is 6.61. The van der Waals surface area contributed by atoms with Crippen molar-refractivity contribution in [2.45, 2.75) is 64.0 Å². The van der Waals surface area contributed by atoms with Gasteiger partial charge in [0.2, 0.25) is 5.91 Å². The minimum absolute atomic E-state index is 0.205. The van der Waals surface area contributed by atoms with Crippen LogP contribution in [0.2, 0.25) is 0 Å². The maximum atomic E-state index is 11.7. The molecule has 0 aromatic heterocycles. The molecule has 2 rings (SSSR count). The zero-order chi connectivity index (χ0) is 13.9. The number of primary amides is 1. The first-order chi connectivity index (χ1) is 9.03. The van der Waals surface area contributed by atoms with Gasteiger partial charge in [-0.15, -0.1) is 0 Å². The third-order valence-electron chi connectivity index (χ3n) is 4.64. The first-order valence-corrected chi connectivity index (χ1v) is 7.83. The van der Waals surface area contributed by atoms with E-state index in [1.165, 1.54) is 45.2 Å². The van der Waals surface area contributed by atoms with Gasteiger partial charge in [-0.25, -0.2) is 0 Å². The predicted molar refractivity (Wildman–Crippen MR) is 77.8 cm³/mol. The Morgan fingerprint density at radius 3 is 2.74 bits per heavy atom. The molecule has 0 radical (unpaired) electrons. The molecule has 2 fully saturated rings. The monoisotopic (exact) mass is 267 g/mol. The molecule has 19 heavy (non-hydrogen) atoms. The number of nitrogens with one attached hydrogen (secondary N) is 1. The lowest BCUT2D eigenvalue weighted by Gasteiger charge is -2.30. The topological polar surface area (TPSA) is 58.4 Å². The van der Waals surface area contributed by atoms with Gasteiger partial charge in [-0.2, -0.15) is 0 Å². The highest BCUT2D eigenvalue weighted by molar-refractivity contribution is 5.84. The van der Waals surface area contributed by atoms with Crippen molar-refractivity contribution in [2.24, 2.45) is 11.7 Å². The molecular weight excluding hydrogens is 238 g/mol. The summed E-state index contributed by atoms with van der Waals surface area (Å²) in [4.78, 5) is 14.2. The summed E-state index contributed by atoms with van der Waals surface area (Å²) in [7, 11) is 0. The number of hydrogen-bond acceptors (Lipinski definition) is 3. The van der Waals surface area contributed by atoms with E-state index in [-0.39, 0.29) is 5.91 Å². The average molecular weight is 267 g/mol. The molecular formula is C15H29N3O. The van der Waals surface area contributed by atoms with Gasteiger partial charge in [0.25, 0.3) is 0 Å². The summed E-state index contributed by atoms with van der Waals surface area (Å²) in [6.07, 6.45) is 7.13. The number of hydrogen-bond donors (Lipinski definition) is 2. The lowest BCUT2D eigenvalue weighted by atomic mass is 9.96. The van der Waals surface area contributed by atoms with Crippen molar-refractivity contribution in [1.29, 1.82) is 0 Å². The molecule has 1 saturated carbocycles. The molecule has 2 atom stereocenters. The molecule has 2 aliphatic rings. The van der Waals surface area contributed by atoms with Crippen LogP contribution in [0.15, 0.2) is 0 Å². The summed E-state index contributed by atoms with van der Waals surface area (Å²) in [6, 6.07) is 0.518. The van der Waals surface area contributed by atoms with Gasteiger partial charge in [-0.1, -0.05) is 13.3 Å². The van der Waals surface area contributed by atoms with E-state index in [1.54, 1.807) is 0 Å². The van der Waals surface area contributed by atoms with E-state index in [2.05, 4.69) is 17.1 Å². The summed E-state index contributed by atoms with van der Waals surface area (Å²) >= 11 is 0. The van der Waals surface area contributed by atoms with Gasteiger partial charge >= 0.3 is 0 Å². The minimum atomic E-state index is -0.524. The van der Waals surface area contributed by atoms with Crippen LogP contribution in [0.5, 0.6) is 0 Å². The van der Waals surface area contributed by atoms with Crippen molar-refractivity contribution < 1.29 is 4.79 Å². The zero-order valence-electron chi connectivity index (χ0n) is 12.5. The highest BCUT2D eigenvalue weighted by Crippen LogP contribution is 2.26. The van der Waals surface area contributed by atoms with E-state index in [1.807, 2.05) is 6.92 Å². The second-order valence-corrected chi connectivity index (χ2v) is 6.61. The van der Waals surface area contributed by atoms with Crippen molar-refractivity contribution in [1.82, 2.24) is 10.2 Å². The second kappa shape index (κ2) is 6.23. The number of likely N-dealkylation sites (tertiary alicyclic amines) is 1. The highest BCUT2D eigenvalue weighted by Gasteiger charge is 2.37. The minimum Gasteiger partial charge on any atom is -0.368 e. The molecule has 0 aromatic rings. The molecule has 1 amide bonds. The van der Waals surface area contributed by atoms with Crippen LogP contribution in [0.3, 0.4) is 0 Å². The van der Waals surface area contributed by atoms with Crippen molar-refractivity contribution in [2.75, 3.05) is 19.6 Å². The van der Waals surface area contributed by atoms with Crippen LogP contribution < -0.4 is 11.1 Å². The number of rotatable bonds is 8. The van der Waals surface area contributed by atoms with Gasteiger partial charge in [0.15, 0.2) is 0 Å². The molecule has 0 spiro atoms. The van der Waals surface area contributed by atoms with E-state index in [0.29, 0.717) is 6.04 Å². The van der Waals surface area contributed by atoms with Crippen LogP contribution in [-0.2, 0) is 4.79 Å². The highest BCUT2D eigenvalue weighted by atomic mass is 16.1. The lowest BCUT2D eigenvalue weighted by Crippen LogP contribution is -2.55. The van der Waals surface area contributed by atoms with E-state index in [4.69, 9.17) is 5.73 Å². The normalized spacial score (nSPS) is 27.4. The Morgan fingerprint density at radius 2 is 2.16 bits per heavy atom. The van der Waals surface area contributed by atoms with Gasteiger partial charge in [0.1, 0.15) is 0 Å². The Kier molecular flexibility index (Phi) is 4.85. The largest absolute Gasteiger partial charge is 0.368 e. The van der Waals surface area contributed by atoms with Gasteiger partial charge < -0.3 is 16.0 Å². The Hall–Kier alpha value is -0.610. The molecule has 1 aliphatic carbocycles. The van der Waals surface area contributed by atoms with Gasteiger partial charge in [0, 0.05) is 19.1 Å². The summed E-state index contributed by atoms with van der Waals surface area (Å²) < 4.78 is 0. The fourth-order valence-corrected chi connectivity index (χ4v) is 3.09. The molecule has 0 aromatic carbocycles. The Labute approximate surface area is 117 Å². The molecule has 0 bridgehead atoms. The van der Waals surface area contributed by atoms with Gasteiger partial charge in [0.05, 0.1) is 5.54 Å².